The molecule has 0 saturated carbocycles. The molecule has 0 heterocycles. The number of hydrogen-bond donors (Lipinski definition) is 2. The Balaban J connectivity index is 1.82. The molecule has 0 fully saturated rings. The Morgan fingerprint density at radius 1 is 1.06 bits per heavy atom. The fourth-order valence-electron chi connectivity index (χ4n) is 2.61. The van der Waals surface area contributed by atoms with E-state index in [0.717, 1.165) is 0 Å². The molecule has 0 bridgehead atoms. The minimum atomic E-state index is -1.12. The third-order valence-electron chi connectivity index (χ3n) is 4.33. The van der Waals surface area contributed by atoms with Crippen molar-refractivity contribution in [3.05, 3.63) is 85.3 Å². The average molecular weight is 598 g/mol. The number of carbonyl (C=O) groups excluding carboxylic acids is 1. The van der Waals surface area contributed by atoms with E-state index >= 15 is 0 Å². The zero-order valence-corrected chi connectivity index (χ0v) is 20.9. The van der Waals surface area contributed by atoms with E-state index in [0.29, 0.717) is 36.6 Å². The monoisotopic (exact) mass is 595 g/mol. The molecule has 0 aliphatic heterocycles. The number of ketones is 1. The van der Waals surface area contributed by atoms with Gasteiger partial charge in [0.2, 0.25) is 6.10 Å². The van der Waals surface area contributed by atoms with Crippen molar-refractivity contribution in [2.24, 2.45) is 5.16 Å². The van der Waals surface area contributed by atoms with Gasteiger partial charge in [0.25, 0.3) is 0 Å². The second-order valence-corrected chi connectivity index (χ2v) is 8.90. The molecule has 0 spiro atoms. The van der Waals surface area contributed by atoms with E-state index in [9.17, 15) is 14.7 Å². The number of ether oxygens (including phenoxy) is 1. The number of phenols is 1. The number of halogens is 3. The smallest absolute Gasteiger partial charge is 0.347 e. The number of phenolic OH excluding ortho intramolecular Hbond substituents is 1. The molecule has 1 unspecified atom stereocenters. The maximum absolute atomic E-state index is 12.8. The number of benzene rings is 3. The predicted molar refractivity (Wildman–Crippen MR) is 131 cm³/mol. The van der Waals surface area contributed by atoms with Gasteiger partial charge in [-0.3, -0.25) is 4.79 Å². The van der Waals surface area contributed by atoms with Crippen LogP contribution >= 0.6 is 43.5 Å². The molecule has 0 radical (unpaired) electrons. The van der Waals surface area contributed by atoms with E-state index < -0.39 is 12.1 Å². The number of rotatable bonds is 8. The summed E-state index contributed by atoms with van der Waals surface area (Å²) in [5, 5.41) is 23.2. The van der Waals surface area contributed by atoms with Gasteiger partial charge in [0, 0.05) is 10.6 Å². The fraction of sp³-hybridized carbons (Fsp3) is 0.0870. The molecule has 0 aromatic heterocycles. The zero-order chi connectivity index (χ0) is 24.1. The molecule has 0 amide bonds. The molecule has 0 aliphatic rings. The van der Waals surface area contributed by atoms with Crippen molar-refractivity contribution in [3.63, 3.8) is 0 Å². The lowest BCUT2D eigenvalue weighted by molar-refractivity contribution is -0.149. The Morgan fingerprint density at radius 3 is 2.30 bits per heavy atom. The van der Waals surface area contributed by atoms with Crippen molar-refractivity contribution >= 4 is 61.4 Å². The summed E-state index contributed by atoms with van der Waals surface area (Å²) in [5.41, 5.74) is 1.07. The molecule has 0 aliphatic carbocycles. The lowest BCUT2D eigenvalue weighted by atomic mass is 10.0. The summed E-state index contributed by atoms with van der Waals surface area (Å²) in [6.45, 7) is 1.37. The molecule has 170 valence electrons. The molecule has 1 atom stereocenters. The van der Waals surface area contributed by atoms with Crippen LogP contribution in [0.15, 0.2) is 68.7 Å². The standard InChI is InChI=1S/C23H16Br2ClNO6/c1-12(23(30)31)33-27-11-13-8-18(24)22(19(25)9-13)32-16-6-7-20(28)17(10-16)21(29)14-2-4-15(26)5-3-14/h2-12,28H,1H3,(H,30,31)/b27-11-. The molecule has 3 aromatic carbocycles. The Hall–Kier alpha value is -2.88. The summed E-state index contributed by atoms with van der Waals surface area (Å²) in [4.78, 5) is 28.4. The zero-order valence-electron chi connectivity index (χ0n) is 17.0. The molecular weight excluding hydrogens is 582 g/mol. The van der Waals surface area contributed by atoms with Crippen molar-refractivity contribution in [1.29, 1.82) is 0 Å². The van der Waals surface area contributed by atoms with Gasteiger partial charge in [-0.15, -0.1) is 0 Å². The molecule has 0 saturated heterocycles. The second-order valence-electron chi connectivity index (χ2n) is 6.75. The van der Waals surface area contributed by atoms with Crippen LogP contribution in [0.4, 0.5) is 0 Å². The van der Waals surface area contributed by atoms with Gasteiger partial charge in [-0.05, 0) is 98.9 Å². The Morgan fingerprint density at radius 2 is 1.70 bits per heavy atom. The molecule has 2 N–H and O–H groups in total. The summed E-state index contributed by atoms with van der Waals surface area (Å²) in [7, 11) is 0. The molecule has 7 nitrogen and oxygen atoms in total. The van der Waals surface area contributed by atoms with Crippen molar-refractivity contribution in [1.82, 2.24) is 0 Å². The maximum Gasteiger partial charge on any atom is 0.347 e. The van der Waals surface area contributed by atoms with Crippen LogP contribution in [0.3, 0.4) is 0 Å². The van der Waals surface area contributed by atoms with E-state index in [1.807, 2.05) is 0 Å². The largest absolute Gasteiger partial charge is 0.507 e. The number of aromatic hydroxyl groups is 1. The first kappa shape index (κ1) is 24.8. The number of oxime groups is 1. The summed E-state index contributed by atoms with van der Waals surface area (Å²) in [6.07, 6.45) is 0.289. The minimum absolute atomic E-state index is 0.0792. The lowest BCUT2D eigenvalue weighted by Gasteiger charge is -2.13. The van der Waals surface area contributed by atoms with Crippen molar-refractivity contribution in [2.75, 3.05) is 0 Å². The first-order chi connectivity index (χ1) is 15.7. The SMILES string of the molecule is CC(O/N=C\c1cc(Br)c(Oc2ccc(O)c(C(=O)c3ccc(Cl)cc3)c2)c(Br)c1)C(=O)O. The van der Waals surface area contributed by atoms with Crippen LogP contribution in [0, 0.1) is 0 Å². The van der Waals surface area contributed by atoms with Crippen molar-refractivity contribution in [2.45, 2.75) is 13.0 Å². The van der Waals surface area contributed by atoms with E-state index in [-0.39, 0.29) is 17.1 Å². The van der Waals surface area contributed by atoms with Crippen LogP contribution in [0.2, 0.25) is 5.02 Å². The summed E-state index contributed by atoms with van der Waals surface area (Å²) < 4.78 is 7.06. The topological polar surface area (TPSA) is 105 Å². The Labute approximate surface area is 210 Å². The van der Waals surface area contributed by atoms with Gasteiger partial charge in [0.1, 0.15) is 11.5 Å². The number of carbonyl (C=O) groups is 2. The fourth-order valence-corrected chi connectivity index (χ4v) is 4.12. The first-order valence-electron chi connectivity index (χ1n) is 9.38. The third-order valence-corrected chi connectivity index (χ3v) is 5.76. The number of carboxylic acid groups (broad SMARTS) is 1. The highest BCUT2D eigenvalue weighted by molar-refractivity contribution is 9.11. The van der Waals surface area contributed by atoms with Crippen molar-refractivity contribution in [3.8, 4) is 17.2 Å². The van der Waals surface area contributed by atoms with Crippen LogP contribution in [0.25, 0.3) is 0 Å². The highest BCUT2D eigenvalue weighted by Crippen LogP contribution is 2.38. The second kappa shape index (κ2) is 10.8. The maximum atomic E-state index is 12.8. The Bertz CT molecular complexity index is 1210. The van der Waals surface area contributed by atoms with Gasteiger partial charge in [0.15, 0.2) is 11.5 Å². The van der Waals surface area contributed by atoms with Crippen LogP contribution < -0.4 is 4.74 Å². The number of aliphatic carboxylic acids is 1. The lowest BCUT2D eigenvalue weighted by Crippen LogP contribution is -2.17. The van der Waals surface area contributed by atoms with E-state index in [1.165, 1.54) is 31.3 Å². The quantitative estimate of drug-likeness (QED) is 0.177. The molecule has 33 heavy (non-hydrogen) atoms. The number of carboxylic acids is 1. The summed E-state index contributed by atoms with van der Waals surface area (Å²) >= 11 is 12.7. The molecule has 10 heteroatoms. The molecule has 3 aromatic rings. The van der Waals surface area contributed by atoms with Crippen LogP contribution in [-0.2, 0) is 9.63 Å². The van der Waals surface area contributed by atoms with Gasteiger partial charge in [-0.25, -0.2) is 4.79 Å². The summed E-state index contributed by atoms with van der Waals surface area (Å²) in [5.74, 6) is -0.937. The first-order valence-corrected chi connectivity index (χ1v) is 11.3. The highest BCUT2D eigenvalue weighted by Gasteiger charge is 2.17. The normalized spacial score (nSPS) is 11.9. The van der Waals surface area contributed by atoms with Gasteiger partial charge in [0.05, 0.1) is 20.7 Å². The van der Waals surface area contributed by atoms with Gasteiger partial charge in [-0.1, -0.05) is 16.8 Å². The van der Waals surface area contributed by atoms with Gasteiger partial charge < -0.3 is 19.8 Å². The highest BCUT2D eigenvalue weighted by atomic mass is 79.9. The van der Waals surface area contributed by atoms with Crippen LogP contribution in [0.1, 0.15) is 28.4 Å². The average Bonchev–Trinajstić information content (AvgIpc) is 2.77. The van der Waals surface area contributed by atoms with Gasteiger partial charge in [-0.2, -0.15) is 0 Å². The summed E-state index contributed by atoms with van der Waals surface area (Å²) in [6, 6.07) is 14.1. The predicted octanol–water partition coefficient (Wildman–Crippen LogP) is 6.42. The minimum Gasteiger partial charge on any atom is -0.507 e. The molecular formula is C23H16Br2ClNO6. The van der Waals surface area contributed by atoms with Crippen LogP contribution in [-0.4, -0.2) is 34.3 Å². The van der Waals surface area contributed by atoms with Crippen molar-refractivity contribution < 1.29 is 29.4 Å². The van der Waals surface area contributed by atoms with E-state index in [4.69, 9.17) is 26.3 Å². The van der Waals surface area contributed by atoms with E-state index in [2.05, 4.69) is 37.0 Å². The van der Waals surface area contributed by atoms with Crippen LogP contribution in [0.5, 0.6) is 17.2 Å². The molecule has 3 rings (SSSR count). The third kappa shape index (κ3) is 6.34. The Kier molecular flexibility index (Phi) is 8.12. The van der Waals surface area contributed by atoms with Gasteiger partial charge >= 0.3 is 5.97 Å². The van der Waals surface area contributed by atoms with E-state index in [1.54, 1.807) is 36.4 Å². The number of nitrogens with zero attached hydrogens (tertiary/aromatic N) is 1. The number of hydrogen-bond acceptors (Lipinski definition) is 6.